The second-order valence-electron chi connectivity index (χ2n) is 5.12. The molecule has 1 aromatic rings. The van der Waals surface area contributed by atoms with Gasteiger partial charge >= 0.3 is 0 Å². The zero-order chi connectivity index (χ0) is 14.0. The fourth-order valence-electron chi connectivity index (χ4n) is 2.30. The fraction of sp³-hybridized carbons (Fsp3) is 0.429. The molecule has 4 N–H and O–H groups in total. The Balaban J connectivity index is 2.11. The average Bonchev–Trinajstić information content (AvgIpc) is 2.39. The van der Waals surface area contributed by atoms with Crippen LogP contribution in [0.25, 0.3) is 0 Å². The molecule has 1 aromatic carbocycles. The van der Waals surface area contributed by atoms with E-state index in [1.54, 1.807) is 6.92 Å². The Hall–Kier alpha value is -2.04. The summed E-state index contributed by atoms with van der Waals surface area (Å²) in [6.07, 6.45) is 1.31. The van der Waals surface area contributed by atoms with Crippen LogP contribution in [0.4, 0.5) is 0 Å². The molecule has 0 radical (unpaired) electrons. The summed E-state index contributed by atoms with van der Waals surface area (Å²) >= 11 is 0. The van der Waals surface area contributed by atoms with Crippen molar-refractivity contribution in [3.05, 3.63) is 35.4 Å². The predicted molar refractivity (Wildman–Crippen MR) is 73.1 cm³/mol. The highest BCUT2D eigenvalue weighted by atomic mass is 16.4. The van der Waals surface area contributed by atoms with E-state index in [1.807, 2.05) is 31.2 Å². The number of hydrogen-bond acceptors (Lipinski definition) is 3. The van der Waals surface area contributed by atoms with Crippen molar-refractivity contribution in [1.82, 2.24) is 5.32 Å². The first-order valence-corrected chi connectivity index (χ1v) is 6.39. The second kappa shape index (κ2) is 4.91. The molecule has 19 heavy (non-hydrogen) atoms. The van der Waals surface area contributed by atoms with E-state index < -0.39 is 5.54 Å². The van der Waals surface area contributed by atoms with Gasteiger partial charge in [0.2, 0.25) is 5.91 Å². The van der Waals surface area contributed by atoms with Gasteiger partial charge in [-0.05, 0) is 30.9 Å². The molecule has 2 rings (SSSR count). The molecular weight excluding hydrogens is 242 g/mol. The molecule has 0 bridgehead atoms. The van der Waals surface area contributed by atoms with E-state index in [9.17, 15) is 4.79 Å². The third kappa shape index (κ3) is 2.28. The first kappa shape index (κ1) is 13.4. The molecule has 1 aliphatic carbocycles. The Bertz CT molecular complexity index is 527. The van der Waals surface area contributed by atoms with E-state index in [0.29, 0.717) is 6.42 Å². The molecule has 0 heterocycles. The number of carbonyl (C=O) groups excluding carboxylic acids is 1. The van der Waals surface area contributed by atoms with Crippen molar-refractivity contribution in [2.75, 3.05) is 0 Å². The van der Waals surface area contributed by atoms with Crippen LogP contribution in [0.5, 0.6) is 0 Å². The SMILES string of the molecule is CCC(C)(NC(=O)C1Cc2ccccc21)C(N)=NO. The van der Waals surface area contributed by atoms with E-state index in [4.69, 9.17) is 10.9 Å². The molecule has 2 atom stereocenters. The van der Waals surface area contributed by atoms with Gasteiger partial charge in [-0.1, -0.05) is 36.3 Å². The highest BCUT2D eigenvalue weighted by Gasteiger charge is 2.37. The summed E-state index contributed by atoms with van der Waals surface area (Å²) in [5.41, 5.74) is 7.12. The van der Waals surface area contributed by atoms with Gasteiger partial charge in [-0.25, -0.2) is 0 Å². The Kier molecular flexibility index (Phi) is 3.46. The highest BCUT2D eigenvalue weighted by Crippen LogP contribution is 2.35. The summed E-state index contributed by atoms with van der Waals surface area (Å²) in [6.45, 7) is 3.64. The normalized spacial score (nSPS) is 20.9. The number of benzene rings is 1. The number of nitrogens with two attached hydrogens (primary N) is 1. The number of oxime groups is 1. The lowest BCUT2D eigenvalue weighted by molar-refractivity contribution is -0.124. The number of amidine groups is 1. The monoisotopic (exact) mass is 261 g/mol. The number of nitrogens with one attached hydrogen (secondary N) is 1. The van der Waals surface area contributed by atoms with E-state index in [1.165, 1.54) is 5.56 Å². The molecule has 0 saturated heterocycles. The molecule has 0 saturated carbocycles. The van der Waals surface area contributed by atoms with Crippen molar-refractivity contribution in [2.24, 2.45) is 10.9 Å². The van der Waals surface area contributed by atoms with Gasteiger partial charge < -0.3 is 16.3 Å². The summed E-state index contributed by atoms with van der Waals surface area (Å²) in [7, 11) is 0. The van der Waals surface area contributed by atoms with E-state index >= 15 is 0 Å². The molecule has 0 aliphatic heterocycles. The molecule has 1 aliphatic rings. The summed E-state index contributed by atoms with van der Waals surface area (Å²) in [4.78, 5) is 12.3. The van der Waals surface area contributed by atoms with Crippen molar-refractivity contribution < 1.29 is 10.0 Å². The lowest BCUT2D eigenvalue weighted by Gasteiger charge is -2.34. The molecule has 0 fully saturated rings. The molecule has 2 unspecified atom stereocenters. The molecule has 0 spiro atoms. The molecular formula is C14H19N3O2. The third-order valence-electron chi connectivity index (χ3n) is 3.95. The molecule has 0 aromatic heterocycles. The minimum absolute atomic E-state index is 0.0240. The van der Waals surface area contributed by atoms with Crippen LogP contribution in [0.2, 0.25) is 0 Å². The third-order valence-corrected chi connectivity index (χ3v) is 3.95. The Morgan fingerprint density at radius 1 is 1.58 bits per heavy atom. The quantitative estimate of drug-likeness (QED) is 0.331. The number of rotatable bonds is 4. The van der Waals surface area contributed by atoms with Crippen molar-refractivity contribution in [2.45, 2.75) is 38.1 Å². The van der Waals surface area contributed by atoms with Crippen LogP contribution >= 0.6 is 0 Å². The van der Waals surface area contributed by atoms with E-state index in [0.717, 1.165) is 12.0 Å². The number of nitrogens with zero attached hydrogens (tertiary/aromatic N) is 1. The number of amides is 1. The summed E-state index contributed by atoms with van der Waals surface area (Å²) in [5.74, 6) is -0.181. The zero-order valence-electron chi connectivity index (χ0n) is 11.2. The lowest BCUT2D eigenvalue weighted by atomic mass is 9.76. The first-order valence-electron chi connectivity index (χ1n) is 6.39. The maximum atomic E-state index is 12.3. The molecule has 102 valence electrons. The maximum Gasteiger partial charge on any atom is 0.228 e. The molecule has 5 heteroatoms. The van der Waals surface area contributed by atoms with Crippen LogP contribution in [0, 0.1) is 0 Å². The number of hydrogen-bond donors (Lipinski definition) is 3. The van der Waals surface area contributed by atoms with Gasteiger partial charge in [-0.15, -0.1) is 0 Å². The van der Waals surface area contributed by atoms with Crippen molar-refractivity contribution in [3.8, 4) is 0 Å². The molecule has 5 nitrogen and oxygen atoms in total. The van der Waals surface area contributed by atoms with Crippen molar-refractivity contribution >= 4 is 11.7 Å². The summed E-state index contributed by atoms with van der Waals surface area (Å²) < 4.78 is 0. The Labute approximate surface area is 112 Å². The second-order valence-corrected chi connectivity index (χ2v) is 5.12. The topological polar surface area (TPSA) is 87.7 Å². The van der Waals surface area contributed by atoms with Crippen molar-refractivity contribution in [1.29, 1.82) is 0 Å². The Morgan fingerprint density at radius 3 is 2.84 bits per heavy atom. The number of carbonyl (C=O) groups is 1. The van der Waals surface area contributed by atoms with Gasteiger partial charge in [0, 0.05) is 0 Å². The molecule has 1 amide bonds. The lowest BCUT2D eigenvalue weighted by Crippen LogP contribution is -2.56. The number of fused-ring (bicyclic) bond motifs is 1. The summed E-state index contributed by atoms with van der Waals surface area (Å²) in [6, 6.07) is 7.90. The van der Waals surface area contributed by atoms with Crippen molar-refractivity contribution in [3.63, 3.8) is 0 Å². The van der Waals surface area contributed by atoms with Gasteiger partial charge in [0.1, 0.15) is 0 Å². The smallest absolute Gasteiger partial charge is 0.228 e. The standard InChI is InChI=1S/C14H19N3O2/c1-3-14(2,13(15)17-19)16-12(18)11-8-9-6-4-5-7-10(9)11/h4-7,11,19H,3,8H2,1-2H3,(H2,15,17)(H,16,18). The van der Waals surface area contributed by atoms with Crippen LogP contribution in [-0.4, -0.2) is 22.5 Å². The minimum atomic E-state index is -0.809. The van der Waals surface area contributed by atoms with Gasteiger partial charge in [0.05, 0.1) is 11.5 Å². The minimum Gasteiger partial charge on any atom is -0.409 e. The Morgan fingerprint density at radius 2 is 2.26 bits per heavy atom. The van der Waals surface area contributed by atoms with Gasteiger partial charge in [0.25, 0.3) is 0 Å². The zero-order valence-corrected chi connectivity index (χ0v) is 11.2. The van der Waals surface area contributed by atoms with Crippen LogP contribution in [-0.2, 0) is 11.2 Å². The van der Waals surface area contributed by atoms with Crippen LogP contribution in [0.15, 0.2) is 29.4 Å². The maximum absolute atomic E-state index is 12.3. The fourth-order valence-corrected chi connectivity index (χ4v) is 2.30. The highest BCUT2D eigenvalue weighted by molar-refractivity contribution is 5.96. The largest absolute Gasteiger partial charge is 0.409 e. The van der Waals surface area contributed by atoms with Gasteiger partial charge in [-0.3, -0.25) is 4.79 Å². The van der Waals surface area contributed by atoms with Crippen LogP contribution in [0.1, 0.15) is 37.3 Å². The van der Waals surface area contributed by atoms with Crippen LogP contribution < -0.4 is 11.1 Å². The summed E-state index contributed by atoms with van der Waals surface area (Å²) in [5, 5.41) is 14.7. The van der Waals surface area contributed by atoms with Gasteiger partial charge in [0.15, 0.2) is 5.84 Å². The predicted octanol–water partition coefficient (Wildman–Crippen LogP) is 1.36. The first-order chi connectivity index (χ1) is 9.01. The average molecular weight is 261 g/mol. The van der Waals surface area contributed by atoms with Gasteiger partial charge in [-0.2, -0.15) is 0 Å². The van der Waals surface area contributed by atoms with E-state index in [2.05, 4.69) is 10.5 Å². The van der Waals surface area contributed by atoms with Crippen LogP contribution in [0.3, 0.4) is 0 Å². The van der Waals surface area contributed by atoms with E-state index in [-0.39, 0.29) is 17.7 Å².